The second-order valence-electron chi connectivity index (χ2n) is 7.60. The lowest BCUT2D eigenvalue weighted by Gasteiger charge is -2.13. The smallest absolute Gasteiger partial charge is 0.341 e. The Morgan fingerprint density at radius 1 is 1.06 bits per heavy atom. The van der Waals surface area contributed by atoms with Crippen LogP contribution in [0.4, 0.5) is 5.00 Å². The van der Waals surface area contributed by atoms with Crippen LogP contribution in [-0.2, 0) is 9.53 Å². The Labute approximate surface area is 189 Å². The summed E-state index contributed by atoms with van der Waals surface area (Å²) in [5.74, 6) is -0.830. The summed E-state index contributed by atoms with van der Waals surface area (Å²) < 4.78 is 10.9. The van der Waals surface area contributed by atoms with E-state index in [4.69, 9.17) is 9.47 Å². The molecule has 7 nitrogen and oxygen atoms in total. The van der Waals surface area contributed by atoms with Gasteiger partial charge in [-0.05, 0) is 55.7 Å². The monoisotopic (exact) mass is 452 g/mol. The largest absolute Gasteiger partial charge is 0.483 e. The van der Waals surface area contributed by atoms with E-state index in [1.165, 1.54) is 11.3 Å². The molecule has 8 heteroatoms. The number of amides is 2. The molecule has 4 rings (SSSR count). The maximum absolute atomic E-state index is 13.2. The number of esters is 1. The molecule has 2 N–H and O–H groups in total. The third kappa shape index (κ3) is 5.08. The second-order valence-corrected chi connectivity index (χ2v) is 8.86. The zero-order chi connectivity index (χ0) is 22.7. The number of carbonyl (C=O) groups is 3. The minimum atomic E-state index is -0.487. The van der Waals surface area contributed by atoms with E-state index in [2.05, 4.69) is 10.6 Å². The van der Waals surface area contributed by atoms with Gasteiger partial charge < -0.3 is 20.1 Å². The minimum absolute atomic E-state index is 0.179. The van der Waals surface area contributed by atoms with Crippen LogP contribution in [0.25, 0.3) is 10.8 Å². The minimum Gasteiger partial charge on any atom is -0.483 e. The molecular formula is C24H24N2O5S. The maximum atomic E-state index is 13.2. The highest BCUT2D eigenvalue weighted by molar-refractivity contribution is 7.16. The molecule has 3 aromatic rings. The Kier molecular flexibility index (Phi) is 6.41. The molecular weight excluding hydrogens is 428 g/mol. The van der Waals surface area contributed by atoms with Gasteiger partial charge in [0, 0.05) is 10.9 Å². The number of rotatable bonds is 8. The van der Waals surface area contributed by atoms with E-state index in [1.54, 1.807) is 25.1 Å². The quantitative estimate of drug-likeness (QED) is 0.497. The Morgan fingerprint density at radius 3 is 2.47 bits per heavy atom. The number of hydrogen-bond donors (Lipinski definition) is 2. The summed E-state index contributed by atoms with van der Waals surface area (Å²) in [6.07, 6.45) is 1.97. The van der Waals surface area contributed by atoms with Crippen LogP contribution in [0.3, 0.4) is 0 Å². The highest BCUT2D eigenvalue weighted by atomic mass is 32.1. The summed E-state index contributed by atoms with van der Waals surface area (Å²) in [6, 6.07) is 13.0. The number of benzene rings is 2. The third-order valence-electron chi connectivity index (χ3n) is 4.97. The summed E-state index contributed by atoms with van der Waals surface area (Å²) in [5.41, 5.74) is 0.596. The molecule has 1 aromatic heterocycles. The van der Waals surface area contributed by atoms with Crippen LogP contribution in [0.2, 0.25) is 0 Å². The molecule has 0 spiro atoms. The first-order chi connectivity index (χ1) is 15.4. The molecule has 1 saturated carbocycles. The van der Waals surface area contributed by atoms with Crippen LogP contribution in [-0.4, -0.2) is 37.0 Å². The molecule has 166 valence electrons. The van der Waals surface area contributed by atoms with Crippen molar-refractivity contribution in [2.75, 3.05) is 18.5 Å². The van der Waals surface area contributed by atoms with Crippen molar-refractivity contribution in [2.24, 2.45) is 0 Å². The molecule has 0 radical (unpaired) electrons. The van der Waals surface area contributed by atoms with Crippen molar-refractivity contribution in [1.82, 2.24) is 5.32 Å². The normalized spacial score (nSPS) is 12.9. The van der Waals surface area contributed by atoms with Gasteiger partial charge in [-0.1, -0.05) is 24.3 Å². The van der Waals surface area contributed by atoms with Crippen LogP contribution in [0.15, 0.2) is 42.5 Å². The van der Waals surface area contributed by atoms with E-state index in [0.717, 1.165) is 28.5 Å². The van der Waals surface area contributed by atoms with Gasteiger partial charge in [-0.2, -0.15) is 0 Å². The molecule has 0 bridgehead atoms. The average Bonchev–Trinajstić information content (AvgIpc) is 3.51. The van der Waals surface area contributed by atoms with Crippen molar-refractivity contribution >= 4 is 44.9 Å². The fraction of sp³-hybridized carbons (Fsp3) is 0.292. The van der Waals surface area contributed by atoms with Crippen molar-refractivity contribution in [1.29, 1.82) is 0 Å². The SMILES string of the molecule is CCOC(=O)c1cc(C)sc1NC(=O)c1cc2ccccc2cc1OCC(=O)NC1CC1. The molecule has 0 aliphatic heterocycles. The molecule has 1 heterocycles. The van der Waals surface area contributed by atoms with Gasteiger partial charge in [-0.15, -0.1) is 11.3 Å². The van der Waals surface area contributed by atoms with Crippen molar-refractivity contribution in [3.05, 3.63) is 58.5 Å². The predicted octanol–water partition coefficient (Wildman–Crippen LogP) is 4.30. The zero-order valence-electron chi connectivity index (χ0n) is 17.9. The fourth-order valence-electron chi connectivity index (χ4n) is 3.29. The van der Waals surface area contributed by atoms with Crippen LogP contribution < -0.4 is 15.4 Å². The van der Waals surface area contributed by atoms with Gasteiger partial charge in [-0.25, -0.2) is 4.79 Å². The van der Waals surface area contributed by atoms with E-state index in [9.17, 15) is 14.4 Å². The van der Waals surface area contributed by atoms with Gasteiger partial charge in [0.25, 0.3) is 11.8 Å². The first-order valence-corrected chi connectivity index (χ1v) is 11.3. The molecule has 32 heavy (non-hydrogen) atoms. The number of fused-ring (bicyclic) bond motifs is 1. The van der Waals surface area contributed by atoms with Crippen LogP contribution in [0.5, 0.6) is 5.75 Å². The molecule has 1 aliphatic carbocycles. The lowest BCUT2D eigenvalue weighted by molar-refractivity contribution is -0.123. The Hall–Kier alpha value is -3.39. The number of aryl methyl sites for hydroxylation is 1. The third-order valence-corrected chi connectivity index (χ3v) is 5.94. The van der Waals surface area contributed by atoms with Crippen LogP contribution in [0.1, 0.15) is 45.4 Å². The summed E-state index contributed by atoms with van der Waals surface area (Å²) in [5, 5.41) is 7.85. The summed E-state index contributed by atoms with van der Waals surface area (Å²) >= 11 is 1.30. The number of carbonyl (C=O) groups excluding carboxylic acids is 3. The predicted molar refractivity (Wildman–Crippen MR) is 124 cm³/mol. The van der Waals surface area contributed by atoms with E-state index >= 15 is 0 Å². The number of nitrogens with one attached hydrogen (secondary N) is 2. The first kappa shape index (κ1) is 21.8. The van der Waals surface area contributed by atoms with Gasteiger partial charge in [0.15, 0.2) is 6.61 Å². The van der Waals surface area contributed by atoms with Gasteiger partial charge >= 0.3 is 5.97 Å². The van der Waals surface area contributed by atoms with Crippen molar-refractivity contribution in [3.63, 3.8) is 0 Å². The standard InChI is InChI=1S/C24H24N2O5S/c1-3-30-24(29)19-10-14(2)32-23(19)26-22(28)18-11-15-6-4-5-7-16(15)12-20(18)31-13-21(27)25-17-8-9-17/h4-7,10-12,17H,3,8-9,13H2,1-2H3,(H,25,27)(H,26,28). The number of hydrogen-bond acceptors (Lipinski definition) is 6. The molecule has 0 unspecified atom stereocenters. The maximum Gasteiger partial charge on any atom is 0.341 e. The van der Waals surface area contributed by atoms with E-state index in [-0.39, 0.29) is 30.7 Å². The van der Waals surface area contributed by atoms with Gasteiger partial charge in [0.2, 0.25) is 0 Å². The fourth-order valence-corrected chi connectivity index (χ4v) is 4.19. The van der Waals surface area contributed by atoms with Gasteiger partial charge in [0.1, 0.15) is 10.8 Å². The average molecular weight is 453 g/mol. The summed E-state index contributed by atoms with van der Waals surface area (Å²) in [4.78, 5) is 38.5. The van der Waals surface area contributed by atoms with E-state index < -0.39 is 11.9 Å². The summed E-state index contributed by atoms with van der Waals surface area (Å²) in [6.45, 7) is 3.65. The molecule has 0 atom stereocenters. The number of anilines is 1. The lowest BCUT2D eigenvalue weighted by atomic mass is 10.1. The second kappa shape index (κ2) is 9.40. The molecule has 1 fully saturated rings. The molecule has 2 amide bonds. The lowest BCUT2D eigenvalue weighted by Crippen LogP contribution is -2.30. The highest BCUT2D eigenvalue weighted by Gasteiger charge is 2.24. The molecule has 0 saturated heterocycles. The molecule has 1 aliphatic rings. The van der Waals surface area contributed by atoms with Crippen molar-refractivity contribution in [2.45, 2.75) is 32.7 Å². The van der Waals surface area contributed by atoms with Crippen molar-refractivity contribution in [3.8, 4) is 5.75 Å². The van der Waals surface area contributed by atoms with Crippen molar-refractivity contribution < 1.29 is 23.9 Å². The number of ether oxygens (including phenoxy) is 2. The van der Waals surface area contributed by atoms with E-state index in [0.29, 0.717) is 16.3 Å². The zero-order valence-corrected chi connectivity index (χ0v) is 18.7. The Bertz CT molecular complexity index is 1180. The van der Waals surface area contributed by atoms with E-state index in [1.807, 2.05) is 31.2 Å². The van der Waals surface area contributed by atoms with Crippen LogP contribution >= 0.6 is 11.3 Å². The topological polar surface area (TPSA) is 93.7 Å². The number of thiophene rings is 1. The van der Waals surface area contributed by atoms with Gasteiger partial charge in [-0.3, -0.25) is 9.59 Å². The Morgan fingerprint density at radius 2 is 1.78 bits per heavy atom. The first-order valence-electron chi connectivity index (χ1n) is 10.5. The Balaban J connectivity index is 1.61. The summed E-state index contributed by atoms with van der Waals surface area (Å²) in [7, 11) is 0. The van der Waals surface area contributed by atoms with Crippen LogP contribution in [0, 0.1) is 6.92 Å². The van der Waals surface area contributed by atoms with Gasteiger partial charge in [0.05, 0.1) is 17.7 Å². The highest BCUT2D eigenvalue weighted by Crippen LogP contribution is 2.31. The molecule has 2 aromatic carbocycles.